The number of rotatable bonds is 12. The molecule has 4 saturated carbocycles. The first kappa shape index (κ1) is 34.1. The number of hydrogen-bond donors (Lipinski definition) is 3. The normalized spacial score (nSPS) is 39.3. The van der Waals surface area contributed by atoms with E-state index in [-0.39, 0.29) is 90.4 Å². The fraction of sp³-hybridized carbons (Fsp3) is 0.909. The Hall–Kier alpha value is -1.75. The first-order chi connectivity index (χ1) is 20.4. The van der Waals surface area contributed by atoms with Gasteiger partial charge in [0.05, 0.1) is 19.6 Å². The molecular weight excluding hydrogens is 548 g/mol. The van der Waals surface area contributed by atoms with E-state index >= 15 is 0 Å². The van der Waals surface area contributed by atoms with E-state index in [1.54, 1.807) is 0 Å². The zero-order valence-corrected chi connectivity index (χ0v) is 27.2. The van der Waals surface area contributed by atoms with Gasteiger partial charge in [0.2, 0.25) is 0 Å². The van der Waals surface area contributed by atoms with Crippen LogP contribution in [-0.4, -0.2) is 80.9 Å². The van der Waals surface area contributed by atoms with Gasteiger partial charge in [-0.15, -0.1) is 0 Å². The summed E-state index contributed by atoms with van der Waals surface area (Å²) in [5.41, 5.74) is 16.8. The number of nitrogens with two attached hydrogens (primary N) is 3. The molecule has 0 spiro atoms. The molecule has 0 aromatic carbocycles. The lowest BCUT2D eigenvalue weighted by atomic mass is 9.43. The van der Waals surface area contributed by atoms with E-state index in [2.05, 4.69) is 39.6 Å². The molecule has 4 rings (SSSR count). The molecule has 11 atom stereocenters. The van der Waals surface area contributed by atoms with Gasteiger partial charge < -0.3 is 36.3 Å². The van der Waals surface area contributed by atoms with Crippen LogP contribution in [0.1, 0.15) is 85.5 Å². The van der Waals surface area contributed by atoms with Crippen molar-refractivity contribution in [3.05, 3.63) is 0 Å². The highest BCUT2D eigenvalue weighted by Gasteiger charge is 2.67. The zero-order valence-electron chi connectivity index (χ0n) is 27.2. The van der Waals surface area contributed by atoms with Crippen molar-refractivity contribution in [1.82, 2.24) is 4.90 Å². The second-order valence-electron chi connectivity index (χ2n) is 14.5. The summed E-state index contributed by atoms with van der Waals surface area (Å²) in [5, 5.41) is 0. The Morgan fingerprint density at radius 1 is 0.884 bits per heavy atom. The van der Waals surface area contributed by atoms with Gasteiger partial charge in [-0.2, -0.15) is 0 Å². The van der Waals surface area contributed by atoms with Gasteiger partial charge in [0.15, 0.2) is 0 Å². The number of carbonyl (C=O) groups excluding carboxylic acids is 3. The average molecular weight is 607 g/mol. The molecule has 0 amide bonds. The van der Waals surface area contributed by atoms with Crippen molar-refractivity contribution >= 4 is 17.9 Å². The topological polar surface area (TPSA) is 160 Å². The Morgan fingerprint density at radius 2 is 1.53 bits per heavy atom. The van der Waals surface area contributed by atoms with Crippen molar-refractivity contribution in [2.45, 2.75) is 104 Å². The van der Waals surface area contributed by atoms with E-state index in [1.807, 2.05) is 0 Å². The lowest BCUT2D eigenvalue weighted by Crippen LogP contribution is -2.63. The Bertz CT molecular complexity index is 996. The first-order valence-corrected chi connectivity index (χ1v) is 16.8. The second kappa shape index (κ2) is 14.1. The highest BCUT2D eigenvalue weighted by atomic mass is 16.6. The van der Waals surface area contributed by atoms with Gasteiger partial charge in [-0.3, -0.25) is 14.4 Å². The molecule has 0 aromatic rings. The third-order valence-corrected chi connectivity index (χ3v) is 12.5. The number of nitrogens with zero attached hydrogens (tertiary/aromatic N) is 1. The van der Waals surface area contributed by atoms with Crippen molar-refractivity contribution in [3.63, 3.8) is 0 Å². The van der Waals surface area contributed by atoms with Gasteiger partial charge in [0.1, 0.15) is 18.3 Å². The highest BCUT2D eigenvalue weighted by molar-refractivity contribution is 5.72. The molecule has 0 aliphatic heterocycles. The van der Waals surface area contributed by atoms with Crippen LogP contribution in [0, 0.1) is 46.3 Å². The molecule has 43 heavy (non-hydrogen) atoms. The Kier molecular flexibility index (Phi) is 11.2. The van der Waals surface area contributed by atoms with Crippen molar-refractivity contribution in [3.8, 4) is 0 Å². The molecule has 0 radical (unpaired) electrons. The molecule has 4 aliphatic rings. The maximum atomic E-state index is 12.8. The first-order valence-electron chi connectivity index (χ1n) is 16.8. The van der Waals surface area contributed by atoms with Crippen LogP contribution >= 0.6 is 0 Å². The minimum absolute atomic E-state index is 0.0644. The minimum atomic E-state index is -0.386. The van der Waals surface area contributed by atoms with Crippen LogP contribution in [0.4, 0.5) is 0 Å². The van der Waals surface area contributed by atoms with E-state index in [0.29, 0.717) is 18.3 Å². The van der Waals surface area contributed by atoms with Gasteiger partial charge >= 0.3 is 17.9 Å². The molecule has 10 nitrogen and oxygen atoms in total. The van der Waals surface area contributed by atoms with E-state index < -0.39 is 0 Å². The standard InChI is InChI=1S/C33H58N4O6/c1-6-37(5)13-7-8-20(2)23-9-10-24-31-25(16-27(33(23,24)4)43-30(40)19-36)32(3)12-11-22(41-28(38)17-34)14-21(32)15-26(31)42-29(39)18-35/h20-27,31H,6-19,34-36H2,1-5H3/t20-,21?,22-,23-,24+,25+,26-,27+,31?,32+,33?/m1/s1. The third kappa shape index (κ3) is 6.77. The Labute approximate surface area is 258 Å². The molecule has 6 N–H and O–H groups in total. The van der Waals surface area contributed by atoms with Crippen LogP contribution in [-0.2, 0) is 28.6 Å². The Balaban J connectivity index is 1.68. The minimum Gasteiger partial charge on any atom is -0.461 e. The molecular formula is C33H58N4O6. The van der Waals surface area contributed by atoms with Gasteiger partial charge in [0, 0.05) is 11.3 Å². The number of fused-ring (bicyclic) bond motifs is 5. The molecule has 246 valence electrons. The maximum Gasteiger partial charge on any atom is 0.319 e. The van der Waals surface area contributed by atoms with Gasteiger partial charge in [-0.25, -0.2) is 0 Å². The fourth-order valence-electron chi connectivity index (χ4n) is 10.2. The van der Waals surface area contributed by atoms with Crippen LogP contribution in [0.15, 0.2) is 0 Å². The predicted octanol–water partition coefficient (Wildman–Crippen LogP) is 2.84. The molecule has 10 heteroatoms. The van der Waals surface area contributed by atoms with Gasteiger partial charge in [-0.1, -0.05) is 27.7 Å². The molecule has 0 bridgehead atoms. The number of carbonyl (C=O) groups is 3. The summed E-state index contributed by atoms with van der Waals surface area (Å²) >= 11 is 0. The average Bonchev–Trinajstić information content (AvgIpc) is 3.35. The lowest BCUT2D eigenvalue weighted by molar-refractivity contribution is -0.225. The van der Waals surface area contributed by atoms with Crippen molar-refractivity contribution in [1.29, 1.82) is 0 Å². The largest absolute Gasteiger partial charge is 0.461 e. The van der Waals surface area contributed by atoms with Crippen LogP contribution in [0.3, 0.4) is 0 Å². The molecule has 4 fully saturated rings. The number of hydrogen-bond acceptors (Lipinski definition) is 10. The zero-order chi connectivity index (χ0) is 31.5. The van der Waals surface area contributed by atoms with E-state index in [0.717, 1.165) is 64.5 Å². The third-order valence-electron chi connectivity index (χ3n) is 12.5. The molecule has 4 aliphatic carbocycles. The molecule has 3 unspecified atom stereocenters. The summed E-state index contributed by atoms with van der Waals surface area (Å²) in [7, 11) is 2.16. The molecule has 0 heterocycles. The summed E-state index contributed by atoms with van der Waals surface area (Å²) in [5.74, 6) is 0.523. The second-order valence-corrected chi connectivity index (χ2v) is 14.5. The summed E-state index contributed by atoms with van der Waals surface area (Å²) in [6.07, 6.45) is 7.46. The molecule has 0 aromatic heterocycles. The van der Waals surface area contributed by atoms with Gasteiger partial charge in [0.25, 0.3) is 0 Å². The number of ether oxygens (including phenoxy) is 3. The van der Waals surface area contributed by atoms with Crippen molar-refractivity contribution in [2.24, 2.45) is 63.5 Å². The van der Waals surface area contributed by atoms with E-state index in [9.17, 15) is 14.4 Å². The van der Waals surface area contributed by atoms with E-state index in [4.69, 9.17) is 31.4 Å². The van der Waals surface area contributed by atoms with Crippen molar-refractivity contribution < 1.29 is 28.6 Å². The summed E-state index contributed by atoms with van der Waals surface area (Å²) in [4.78, 5) is 39.9. The number of esters is 3. The molecule has 0 saturated heterocycles. The predicted molar refractivity (Wildman–Crippen MR) is 164 cm³/mol. The lowest BCUT2D eigenvalue weighted by Gasteiger charge is -2.64. The summed E-state index contributed by atoms with van der Waals surface area (Å²) in [6, 6.07) is 0. The van der Waals surface area contributed by atoms with Crippen LogP contribution in [0.5, 0.6) is 0 Å². The SMILES string of the molecule is CCN(C)CCC[C@@H](C)[C@H]1CC[C@H]2C3[C@H](OC(=O)CN)CC4C[C@H](OC(=O)CN)CC[C@]4(C)[C@H]3C[C@H](OC(=O)CN)C12C. The van der Waals surface area contributed by atoms with Gasteiger partial charge in [-0.05, 0) is 113 Å². The Morgan fingerprint density at radius 3 is 2.19 bits per heavy atom. The van der Waals surface area contributed by atoms with Crippen LogP contribution in [0.2, 0.25) is 0 Å². The summed E-state index contributed by atoms with van der Waals surface area (Å²) in [6.45, 7) is 10.9. The van der Waals surface area contributed by atoms with Crippen LogP contribution < -0.4 is 17.2 Å². The maximum absolute atomic E-state index is 12.8. The summed E-state index contributed by atoms with van der Waals surface area (Å²) < 4.78 is 18.2. The smallest absolute Gasteiger partial charge is 0.319 e. The van der Waals surface area contributed by atoms with Crippen molar-refractivity contribution in [2.75, 3.05) is 39.8 Å². The highest BCUT2D eigenvalue weighted by Crippen LogP contribution is 2.69. The fourth-order valence-corrected chi connectivity index (χ4v) is 10.2. The van der Waals surface area contributed by atoms with Crippen LogP contribution in [0.25, 0.3) is 0 Å². The van der Waals surface area contributed by atoms with E-state index in [1.165, 1.54) is 0 Å². The quantitative estimate of drug-likeness (QED) is 0.223. The monoisotopic (exact) mass is 606 g/mol.